The van der Waals surface area contributed by atoms with Gasteiger partial charge in [-0.2, -0.15) is 0 Å². The van der Waals surface area contributed by atoms with Gasteiger partial charge in [0.1, 0.15) is 0 Å². The Labute approximate surface area is 94.9 Å². The molecule has 15 heavy (non-hydrogen) atoms. The maximum absolute atomic E-state index is 9.24. The number of hydrogen-bond acceptors (Lipinski definition) is 2. The lowest BCUT2D eigenvalue weighted by atomic mass is 9.76. The zero-order chi connectivity index (χ0) is 13.4. The minimum atomic E-state index is -1.57. The summed E-state index contributed by atoms with van der Waals surface area (Å²) < 4.78 is 16.0. The predicted octanol–water partition coefficient (Wildman–Crippen LogP) is 1.61. The molecule has 0 saturated heterocycles. The standard InChI is InChI=1S/C12H19BO2/c1-8(2)10-5-11(9(3)4)7-12(6-10)13(14)15/h5-9,14-15H,1-4H3/i8D,9D. The van der Waals surface area contributed by atoms with Crippen molar-refractivity contribution in [2.24, 2.45) is 0 Å². The molecule has 3 heteroatoms. The maximum atomic E-state index is 9.24. The Hall–Kier alpha value is -0.795. The Bertz CT molecular complexity index is 374. The number of hydrogen-bond donors (Lipinski definition) is 2. The van der Waals surface area contributed by atoms with Crippen molar-refractivity contribution in [3.8, 4) is 0 Å². The minimum absolute atomic E-state index is 0.332. The van der Waals surface area contributed by atoms with Gasteiger partial charge in [0, 0.05) is 2.74 Å². The summed E-state index contributed by atoms with van der Waals surface area (Å²) in [5.41, 5.74) is 1.69. The van der Waals surface area contributed by atoms with Crippen LogP contribution in [-0.4, -0.2) is 17.2 Å². The Balaban J connectivity index is 3.40. The highest BCUT2D eigenvalue weighted by atomic mass is 16.4. The van der Waals surface area contributed by atoms with Crippen molar-refractivity contribution >= 4 is 12.6 Å². The molecule has 0 atom stereocenters. The van der Waals surface area contributed by atoms with Crippen LogP contribution in [-0.2, 0) is 0 Å². The van der Waals surface area contributed by atoms with E-state index in [1.165, 1.54) is 0 Å². The Kier molecular flexibility index (Phi) is 3.03. The second-order valence-electron chi connectivity index (χ2n) is 4.22. The topological polar surface area (TPSA) is 40.5 Å². The van der Waals surface area contributed by atoms with Crippen molar-refractivity contribution in [2.75, 3.05) is 0 Å². The Morgan fingerprint density at radius 1 is 1.00 bits per heavy atom. The molecule has 0 fully saturated rings. The smallest absolute Gasteiger partial charge is 0.423 e. The van der Waals surface area contributed by atoms with Crippen molar-refractivity contribution in [3.05, 3.63) is 29.3 Å². The third-order valence-corrected chi connectivity index (χ3v) is 2.41. The van der Waals surface area contributed by atoms with E-state index in [4.69, 9.17) is 2.74 Å². The quantitative estimate of drug-likeness (QED) is 0.741. The van der Waals surface area contributed by atoms with E-state index < -0.39 is 18.9 Å². The van der Waals surface area contributed by atoms with Crippen LogP contribution >= 0.6 is 0 Å². The molecule has 0 saturated carbocycles. The van der Waals surface area contributed by atoms with Crippen molar-refractivity contribution in [3.63, 3.8) is 0 Å². The van der Waals surface area contributed by atoms with E-state index in [1.807, 2.05) is 0 Å². The van der Waals surface area contributed by atoms with E-state index in [0.717, 1.165) is 0 Å². The van der Waals surface area contributed by atoms with Gasteiger partial charge in [-0.05, 0) is 28.4 Å². The highest BCUT2D eigenvalue weighted by Crippen LogP contribution is 2.19. The summed E-state index contributed by atoms with van der Waals surface area (Å²) in [6, 6.07) is 4.99. The highest BCUT2D eigenvalue weighted by Gasteiger charge is 2.15. The monoisotopic (exact) mass is 208 g/mol. The first-order chi connectivity index (χ1) is 7.51. The second-order valence-corrected chi connectivity index (χ2v) is 4.22. The molecule has 1 aromatic rings. The van der Waals surface area contributed by atoms with Crippen molar-refractivity contribution in [1.29, 1.82) is 0 Å². The van der Waals surface area contributed by atoms with Gasteiger partial charge in [0.2, 0.25) is 0 Å². The summed E-state index contributed by atoms with van der Waals surface area (Å²) in [6.07, 6.45) is 0. The maximum Gasteiger partial charge on any atom is 0.488 e. The first-order valence-corrected chi connectivity index (χ1v) is 5.04. The predicted molar refractivity (Wildman–Crippen MR) is 64.4 cm³/mol. The fourth-order valence-corrected chi connectivity index (χ4v) is 1.38. The largest absolute Gasteiger partial charge is 0.488 e. The lowest BCUT2D eigenvalue weighted by molar-refractivity contribution is 0.425. The molecular weight excluding hydrogens is 187 g/mol. The molecule has 0 heterocycles. The van der Waals surface area contributed by atoms with Crippen LogP contribution in [0.5, 0.6) is 0 Å². The van der Waals surface area contributed by atoms with Gasteiger partial charge in [0.15, 0.2) is 0 Å². The molecule has 0 aliphatic rings. The minimum Gasteiger partial charge on any atom is -0.423 e. The molecule has 0 unspecified atom stereocenters. The molecule has 0 amide bonds. The molecule has 82 valence electrons. The number of benzene rings is 1. The van der Waals surface area contributed by atoms with Crippen LogP contribution in [0.15, 0.2) is 18.2 Å². The van der Waals surface area contributed by atoms with Crippen LogP contribution < -0.4 is 5.46 Å². The normalized spacial score (nSPS) is 14.5. The molecule has 2 N–H and O–H groups in total. The lowest BCUT2D eigenvalue weighted by Crippen LogP contribution is -2.30. The van der Waals surface area contributed by atoms with Gasteiger partial charge in [0.05, 0.1) is 0 Å². The molecule has 1 aromatic carbocycles. The third-order valence-electron chi connectivity index (χ3n) is 2.41. The molecule has 0 bridgehead atoms. The van der Waals surface area contributed by atoms with Gasteiger partial charge in [-0.3, -0.25) is 0 Å². The van der Waals surface area contributed by atoms with E-state index in [9.17, 15) is 10.0 Å². The van der Waals surface area contributed by atoms with Crippen molar-refractivity contribution in [1.82, 2.24) is 0 Å². The Morgan fingerprint density at radius 3 is 1.67 bits per heavy atom. The summed E-state index contributed by atoms with van der Waals surface area (Å²) in [5.74, 6) is -1.66. The first-order valence-electron chi connectivity index (χ1n) is 6.04. The van der Waals surface area contributed by atoms with E-state index >= 15 is 0 Å². The summed E-state index contributed by atoms with van der Waals surface area (Å²) in [4.78, 5) is 0. The molecule has 0 aromatic heterocycles. The fourth-order valence-electron chi connectivity index (χ4n) is 1.38. The fraction of sp³-hybridized carbons (Fsp3) is 0.500. The van der Waals surface area contributed by atoms with Gasteiger partial charge < -0.3 is 10.0 Å². The van der Waals surface area contributed by atoms with Gasteiger partial charge in [-0.15, -0.1) is 0 Å². The Morgan fingerprint density at radius 2 is 1.40 bits per heavy atom. The first kappa shape index (κ1) is 9.43. The zero-order valence-electron chi connectivity index (χ0n) is 11.7. The summed E-state index contributed by atoms with van der Waals surface area (Å²) in [7, 11) is -1.57. The number of rotatable bonds is 3. The second kappa shape index (κ2) is 4.82. The molecule has 1 rings (SSSR count). The van der Waals surface area contributed by atoms with E-state index in [1.54, 1.807) is 45.9 Å². The SMILES string of the molecule is [2H]C(C)(C)c1cc(B(O)O)cc(C([2H])(C)C)c1. The summed E-state index contributed by atoms with van der Waals surface area (Å²) in [5, 5.41) is 18.5. The lowest BCUT2D eigenvalue weighted by Gasteiger charge is -2.13. The molecule has 2 nitrogen and oxygen atoms in total. The molecule has 0 radical (unpaired) electrons. The van der Waals surface area contributed by atoms with Crippen LogP contribution in [0.4, 0.5) is 0 Å². The molecular formula is C12H19BO2. The van der Waals surface area contributed by atoms with Crippen molar-refractivity contribution in [2.45, 2.75) is 39.5 Å². The van der Waals surface area contributed by atoms with E-state index in [0.29, 0.717) is 16.6 Å². The van der Waals surface area contributed by atoms with Crippen LogP contribution in [0.1, 0.15) is 53.4 Å². The van der Waals surface area contributed by atoms with Gasteiger partial charge in [0.25, 0.3) is 0 Å². The van der Waals surface area contributed by atoms with Crippen LogP contribution in [0.3, 0.4) is 0 Å². The summed E-state index contributed by atoms with van der Waals surface area (Å²) in [6.45, 7) is 6.93. The molecule has 0 aliphatic heterocycles. The van der Waals surface area contributed by atoms with Crippen LogP contribution in [0.2, 0.25) is 0 Å². The van der Waals surface area contributed by atoms with E-state index in [-0.39, 0.29) is 0 Å². The average Bonchev–Trinajstić information content (AvgIpc) is 2.14. The highest BCUT2D eigenvalue weighted by molar-refractivity contribution is 6.58. The zero-order valence-corrected chi connectivity index (χ0v) is 9.70. The van der Waals surface area contributed by atoms with Gasteiger partial charge in [-0.25, -0.2) is 0 Å². The third kappa shape index (κ3) is 3.08. The van der Waals surface area contributed by atoms with Crippen LogP contribution in [0, 0.1) is 0 Å². The van der Waals surface area contributed by atoms with Crippen molar-refractivity contribution < 1.29 is 12.8 Å². The molecule has 0 spiro atoms. The van der Waals surface area contributed by atoms with Gasteiger partial charge in [-0.1, -0.05) is 45.9 Å². The van der Waals surface area contributed by atoms with Crippen LogP contribution in [0.25, 0.3) is 0 Å². The van der Waals surface area contributed by atoms with E-state index in [2.05, 4.69) is 0 Å². The van der Waals surface area contributed by atoms with Gasteiger partial charge >= 0.3 is 7.12 Å². The molecule has 0 aliphatic carbocycles. The average molecular weight is 208 g/mol. The summed E-state index contributed by atoms with van der Waals surface area (Å²) >= 11 is 0.